The fraction of sp³-hybridized carbons (Fsp3) is 0.655. The number of piperidine rings is 1. The number of benzene rings is 1. The van der Waals surface area contributed by atoms with E-state index in [4.69, 9.17) is 9.47 Å². The summed E-state index contributed by atoms with van der Waals surface area (Å²) >= 11 is 0. The maximum atomic E-state index is 13.8. The lowest BCUT2D eigenvalue weighted by Gasteiger charge is -2.43. The summed E-state index contributed by atoms with van der Waals surface area (Å²) in [6.45, 7) is 2.45. The third kappa shape index (κ3) is 7.29. The van der Waals surface area contributed by atoms with Crippen molar-refractivity contribution < 1.29 is 28.7 Å². The second-order valence-electron chi connectivity index (χ2n) is 10.8. The van der Waals surface area contributed by atoms with Crippen LogP contribution in [0.3, 0.4) is 0 Å². The highest BCUT2D eigenvalue weighted by molar-refractivity contribution is 5.92. The number of amides is 3. The van der Waals surface area contributed by atoms with E-state index in [9.17, 15) is 19.2 Å². The summed E-state index contributed by atoms with van der Waals surface area (Å²) in [5, 5.41) is 6.14. The number of hydrogen-bond donors (Lipinski definition) is 2. The Kier molecular flexibility index (Phi) is 10.2. The summed E-state index contributed by atoms with van der Waals surface area (Å²) in [6.07, 6.45) is 6.54. The minimum Gasteiger partial charge on any atom is -0.497 e. The fourth-order valence-corrected chi connectivity index (χ4v) is 5.98. The molecule has 1 aromatic carbocycles. The SMILES string of the molecule is COC(=O)[C@H](Cc1ccc(OC)cc1)NC(=O)[C@@H]1CN(C(=O)C2CCNCC2)CCN1C(=O)C1CCCCC1. The second kappa shape index (κ2) is 13.8. The Morgan fingerprint density at radius 2 is 1.59 bits per heavy atom. The van der Waals surface area contributed by atoms with Crippen molar-refractivity contribution in [3.05, 3.63) is 29.8 Å². The number of ether oxygens (including phenoxy) is 2. The minimum absolute atomic E-state index is 0.0198. The van der Waals surface area contributed by atoms with Gasteiger partial charge in [-0.2, -0.15) is 0 Å². The van der Waals surface area contributed by atoms with Crippen molar-refractivity contribution in [1.29, 1.82) is 0 Å². The fourth-order valence-electron chi connectivity index (χ4n) is 5.98. The first-order valence-corrected chi connectivity index (χ1v) is 14.2. The van der Waals surface area contributed by atoms with Crippen LogP contribution in [0, 0.1) is 11.8 Å². The van der Waals surface area contributed by atoms with Crippen LogP contribution >= 0.6 is 0 Å². The lowest BCUT2D eigenvalue weighted by Crippen LogP contribution is -2.64. The van der Waals surface area contributed by atoms with E-state index in [1.165, 1.54) is 7.11 Å². The summed E-state index contributed by atoms with van der Waals surface area (Å²) in [5.41, 5.74) is 0.827. The molecule has 2 aliphatic heterocycles. The molecule has 3 aliphatic rings. The molecule has 0 radical (unpaired) electrons. The van der Waals surface area contributed by atoms with Gasteiger partial charge in [-0.25, -0.2) is 4.79 Å². The smallest absolute Gasteiger partial charge is 0.328 e. The van der Waals surface area contributed by atoms with Gasteiger partial charge in [-0.1, -0.05) is 31.4 Å². The summed E-state index contributed by atoms with van der Waals surface area (Å²) in [5.74, 6) is -0.469. The molecular weight excluding hydrogens is 500 g/mol. The average molecular weight is 543 g/mol. The van der Waals surface area contributed by atoms with Crippen molar-refractivity contribution in [2.75, 3.05) is 46.9 Å². The molecule has 2 heterocycles. The number of nitrogens with zero attached hydrogens (tertiary/aromatic N) is 2. The predicted molar refractivity (Wildman–Crippen MR) is 145 cm³/mol. The molecule has 3 fully saturated rings. The summed E-state index contributed by atoms with van der Waals surface area (Å²) in [6, 6.07) is 5.46. The summed E-state index contributed by atoms with van der Waals surface area (Å²) < 4.78 is 10.2. The highest BCUT2D eigenvalue weighted by atomic mass is 16.5. The van der Waals surface area contributed by atoms with Gasteiger partial charge in [0.1, 0.15) is 17.8 Å². The van der Waals surface area contributed by atoms with Gasteiger partial charge in [0, 0.05) is 31.3 Å². The van der Waals surface area contributed by atoms with Gasteiger partial charge in [0.25, 0.3) is 0 Å². The van der Waals surface area contributed by atoms with E-state index < -0.39 is 24.0 Å². The quantitative estimate of drug-likeness (QED) is 0.479. The van der Waals surface area contributed by atoms with Gasteiger partial charge in [0.2, 0.25) is 17.7 Å². The monoisotopic (exact) mass is 542 g/mol. The molecule has 2 N–H and O–H groups in total. The number of carbonyl (C=O) groups excluding carboxylic acids is 4. The largest absolute Gasteiger partial charge is 0.497 e. The zero-order valence-corrected chi connectivity index (χ0v) is 23.2. The van der Waals surface area contributed by atoms with Gasteiger partial charge in [-0.05, 0) is 56.5 Å². The molecule has 0 bridgehead atoms. The number of nitrogens with one attached hydrogen (secondary N) is 2. The van der Waals surface area contributed by atoms with Gasteiger partial charge >= 0.3 is 5.97 Å². The van der Waals surface area contributed by atoms with Gasteiger partial charge in [-0.3, -0.25) is 14.4 Å². The number of esters is 1. The van der Waals surface area contributed by atoms with Crippen molar-refractivity contribution in [3.63, 3.8) is 0 Å². The first-order valence-electron chi connectivity index (χ1n) is 14.2. The third-order valence-corrected chi connectivity index (χ3v) is 8.32. The van der Waals surface area contributed by atoms with E-state index >= 15 is 0 Å². The van der Waals surface area contributed by atoms with Crippen LogP contribution in [-0.2, 0) is 30.3 Å². The van der Waals surface area contributed by atoms with Crippen molar-refractivity contribution in [1.82, 2.24) is 20.4 Å². The Hall–Kier alpha value is -3.14. The molecule has 3 amide bonds. The molecule has 2 atom stereocenters. The number of hydrogen-bond acceptors (Lipinski definition) is 7. The standard InChI is InChI=1S/C29H42N4O6/c1-38-23-10-8-20(9-11-23)18-24(29(37)39-2)31-26(34)25-19-32(27(35)22-12-14-30-15-13-22)16-17-33(25)28(36)21-6-4-3-5-7-21/h8-11,21-22,24-25,30H,3-7,12-19H2,1-2H3,(H,31,34)/t24-,25-/m0/s1. The molecule has 10 heteroatoms. The van der Waals surface area contributed by atoms with Crippen LogP contribution in [0.2, 0.25) is 0 Å². The maximum Gasteiger partial charge on any atom is 0.328 e. The summed E-state index contributed by atoms with van der Waals surface area (Å²) in [4.78, 5) is 56.8. The lowest BCUT2D eigenvalue weighted by atomic mass is 9.87. The van der Waals surface area contributed by atoms with E-state index in [2.05, 4.69) is 10.6 Å². The molecule has 0 aromatic heterocycles. The molecule has 214 valence electrons. The van der Waals surface area contributed by atoms with Crippen LogP contribution in [0.5, 0.6) is 5.75 Å². The van der Waals surface area contributed by atoms with Crippen LogP contribution in [0.15, 0.2) is 24.3 Å². The number of methoxy groups -OCH3 is 2. The Bertz CT molecular complexity index is 1000. The van der Waals surface area contributed by atoms with Crippen molar-refractivity contribution >= 4 is 23.7 Å². The maximum absolute atomic E-state index is 13.8. The van der Waals surface area contributed by atoms with Gasteiger partial charge in [0.15, 0.2) is 0 Å². The van der Waals surface area contributed by atoms with Gasteiger partial charge in [-0.15, -0.1) is 0 Å². The molecular formula is C29H42N4O6. The number of carbonyl (C=O) groups is 4. The van der Waals surface area contributed by atoms with Crippen LogP contribution in [0.4, 0.5) is 0 Å². The molecule has 10 nitrogen and oxygen atoms in total. The molecule has 1 aromatic rings. The van der Waals surface area contributed by atoms with Crippen LogP contribution in [-0.4, -0.2) is 92.5 Å². The molecule has 0 spiro atoms. The predicted octanol–water partition coefficient (Wildman–Crippen LogP) is 1.51. The van der Waals surface area contributed by atoms with E-state index in [-0.39, 0.29) is 36.6 Å². The first kappa shape index (κ1) is 28.9. The van der Waals surface area contributed by atoms with Gasteiger partial charge < -0.3 is 29.9 Å². The summed E-state index contributed by atoms with van der Waals surface area (Å²) in [7, 11) is 2.87. The Labute approximate surface area is 230 Å². The molecule has 1 saturated carbocycles. The van der Waals surface area contributed by atoms with Crippen molar-refractivity contribution in [3.8, 4) is 5.75 Å². The molecule has 0 unspecified atom stereocenters. The Morgan fingerprint density at radius 3 is 2.23 bits per heavy atom. The molecule has 39 heavy (non-hydrogen) atoms. The zero-order chi connectivity index (χ0) is 27.8. The highest BCUT2D eigenvalue weighted by Crippen LogP contribution is 2.28. The zero-order valence-electron chi connectivity index (χ0n) is 23.2. The van der Waals surface area contributed by atoms with E-state index in [1.54, 1.807) is 29.0 Å². The molecule has 4 rings (SSSR count). The minimum atomic E-state index is -0.932. The number of piperazine rings is 1. The molecule has 2 saturated heterocycles. The topological polar surface area (TPSA) is 117 Å². The Morgan fingerprint density at radius 1 is 0.923 bits per heavy atom. The third-order valence-electron chi connectivity index (χ3n) is 8.32. The normalized spacial score (nSPS) is 21.6. The second-order valence-corrected chi connectivity index (χ2v) is 10.8. The van der Waals surface area contributed by atoms with Crippen molar-refractivity contribution in [2.45, 2.75) is 63.5 Å². The molecule has 1 aliphatic carbocycles. The lowest BCUT2D eigenvalue weighted by molar-refractivity contribution is -0.154. The average Bonchev–Trinajstić information content (AvgIpc) is 3.00. The van der Waals surface area contributed by atoms with E-state index in [0.717, 1.165) is 63.6 Å². The van der Waals surface area contributed by atoms with Crippen LogP contribution < -0.4 is 15.4 Å². The Balaban J connectivity index is 1.52. The number of rotatable bonds is 8. The van der Waals surface area contributed by atoms with E-state index in [1.807, 2.05) is 12.1 Å². The van der Waals surface area contributed by atoms with Crippen LogP contribution in [0.1, 0.15) is 50.5 Å². The van der Waals surface area contributed by atoms with Crippen molar-refractivity contribution in [2.24, 2.45) is 11.8 Å². The van der Waals surface area contributed by atoms with Gasteiger partial charge in [0.05, 0.1) is 20.8 Å². The highest BCUT2D eigenvalue weighted by Gasteiger charge is 2.41. The van der Waals surface area contributed by atoms with E-state index in [0.29, 0.717) is 18.8 Å². The van der Waals surface area contributed by atoms with Crippen LogP contribution in [0.25, 0.3) is 0 Å². The first-order chi connectivity index (χ1) is 18.9.